The van der Waals surface area contributed by atoms with Crippen molar-refractivity contribution in [3.8, 4) is 5.75 Å². The van der Waals surface area contributed by atoms with Crippen LogP contribution in [0.15, 0.2) is 17.0 Å². The van der Waals surface area contributed by atoms with Gasteiger partial charge in [-0.25, -0.2) is 0 Å². The summed E-state index contributed by atoms with van der Waals surface area (Å²) < 4.78 is 11.4. The van der Waals surface area contributed by atoms with Crippen LogP contribution in [0.3, 0.4) is 0 Å². The molecule has 1 aliphatic heterocycles. The first-order valence-electron chi connectivity index (χ1n) is 7.21. The molecule has 0 aliphatic carbocycles. The monoisotopic (exact) mass is 281 g/mol. The van der Waals surface area contributed by atoms with Crippen LogP contribution in [0, 0.1) is 13.8 Å². The molecule has 0 atom stereocenters. The van der Waals surface area contributed by atoms with Crippen molar-refractivity contribution in [3.05, 3.63) is 23.3 Å². The van der Waals surface area contributed by atoms with E-state index in [0.717, 1.165) is 32.0 Å². The lowest BCUT2D eigenvalue weighted by Crippen LogP contribution is -2.26. The van der Waals surface area contributed by atoms with E-state index in [9.17, 15) is 0 Å². The standard InChI is InChI=1S/C16H25O2S/c1-4-5-6-18-16-13(2)11-15(12-14(16)3)19-9-7-17-8-10-19/h11-12H,4-10H2,1-3H3/q+1. The van der Waals surface area contributed by atoms with Gasteiger partial charge in [-0.2, -0.15) is 0 Å². The van der Waals surface area contributed by atoms with Gasteiger partial charge in [-0.15, -0.1) is 0 Å². The summed E-state index contributed by atoms with van der Waals surface area (Å²) in [5.41, 5.74) is 2.56. The molecule has 1 fully saturated rings. The van der Waals surface area contributed by atoms with Gasteiger partial charge in [0.25, 0.3) is 0 Å². The Hall–Kier alpha value is -0.670. The van der Waals surface area contributed by atoms with Gasteiger partial charge in [0, 0.05) is 10.9 Å². The van der Waals surface area contributed by atoms with Crippen molar-refractivity contribution in [1.29, 1.82) is 0 Å². The summed E-state index contributed by atoms with van der Waals surface area (Å²) in [6.45, 7) is 9.19. The van der Waals surface area contributed by atoms with Crippen LogP contribution in [-0.4, -0.2) is 31.3 Å². The third kappa shape index (κ3) is 3.90. The smallest absolute Gasteiger partial charge is 0.155 e. The average Bonchev–Trinajstić information content (AvgIpc) is 2.43. The molecular formula is C16H25O2S+. The topological polar surface area (TPSA) is 18.5 Å². The van der Waals surface area contributed by atoms with Crippen LogP contribution in [0.25, 0.3) is 0 Å². The van der Waals surface area contributed by atoms with Crippen molar-refractivity contribution >= 4 is 10.9 Å². The molecule has 1 aromatic rings. The van der Waals surface area contributed by atoms with Gasteiger partial charge >= 0.3 is 0 Å². The van der Waals surface area contributed by atoms with E-state index in [0.29, 0.717) is 10.9 Å². The lowest BCUT2D eigenvalue weighted by Gasteiger charge is -2.17. The van der Waals surface area contributed by atoms with Crippen LogP contribution in [0.5, 0.6) is 5.75 Å². The van der Waals surface area contributed by atoms with Crippen molar-refractivity contribution in [1.82, 2.24) is 0 Å². The van der Waals surface area contributed by atoms with Gasteiger partial charge < -0.3 is 9.47 Å². The van der Waals surface area contributed by atoms with E-state index in [4.69, 9.17) is 9.47 Å². The third-order valence-electron chi connectivity index (χ3n) is 3.46. The molecule has 1 aromatic carbocycles. The minimum Gasteiger partial charge on any atom is -0.493 e. The summed E-state index contributed by atoms with van der Waals surface area (Å²) in [5.74, 6) is 3.44. The molecule has 0 aromatic heterocycles. The lowest BCUT2D eigenvalue weighted by atomic mass is 10.1. The number of hydrogen-bond acceptors (Lipinski definition) is 2. The maximum absolute atomic E-state index is 5.93. The summed E-state index contributed by atoms with van der Waals surface area (Å²) in [6.07, 6.45) is 2.31. The Kier molecular flexibility index (Phi) is 5.59. The molecule has 1 saturated heterocycles. The SMILES string of the molecule is CCCCOc1c(C)cc([S+]2CCOCC2)cc1C. The zero-order valence-corrected chi connectivity index (χ0v) is 13.1. The van der Waals surface area contributed by atoms with E-state index in [1.165, 1.54) is 33.9 Å². The van der Waals surface area contributed by atoms with Crippen molar-refractivity contribution < 1.29 is 9.47 Å². The van der Waals surface area contributed by atoms with Gasteiger partial charge in [0.1, 0.15) is 17.3 Å². The second kappa shape index (κ2) is 7.20. The highest BCUT2D eigenvalue weighted by Gasteiger charge is 2.26. The highest BCUT2D eigenvalue weighted by Crippen LogP contribution is 2.29. The Morgan fingerprint density at radius 2 is 1.79 bits per heavy atom. The number of benzene rings is 1. The van der Waals surface area contributed by atoms with Gasteiger partial charge in [-0.3, -0.25) is 0 Å². The van der Waals surface area contributed by atoms with Gasteiger partial charge in [0.15, 0.2) is 4.90 Å². The van der Waals surface area contributed by atoms with E-state index in [1.807, 2.05) is 0 Å². The predicted octanol–water partition coefficient (Wildman–Crippen LogP) is 3.49. The molecule has 106 valence electrons. The molecule has 0 N–H and O–H groups in total. The van der Waals surface area contributed by atoms with Crippen molar-refractivity contribution in [2.75, 3.05) is 31.3 Å². The quantitative estimate of drug-likeness (QED) is 0.607. The summed E-state index contributed by atoms with van der Waals surface area (Å²) in [4.78, 5) is 1.49. The number of rotatable bonds is 5. The second-order valence-corrected chi connectivity index (χ2v) is 7.38. The maximum atomic E-state index is 5.93. The zero-order chi connectivity index (χ0) is 13.7. The summed E-state index contributed by atoms with van der Waals surface area (Å²) >= 11 is 0. The maximum Gasteiger partial charge on any atom is 0.155 e. The lowest BCUT2D eigenvalue weighted by molar-refractivity contribution is 0.159. The largest absolute Gasteiger partial charge is 0.493 e. The Bertz CT molecular complexity index is 388. The van der Waals surface area contributed by atoms with E-state index < -0.39 is 0 Å². The summed E-state index contributed by atoms with van der Waals surface area (Å²) in [6, 6.07) is 4.64. The molecule has 0 spiro atoms. The second-order valence-electron chi connectivity index (χ2n) is 5.10. The number of ether oxygens (including phenoxy) is 2. The Labute approximate surface area is 119 Å². The van der Waals surface area contributed by atoms with Gasteiger partial charge in [0.05, 0.1) is 19.8 Å². The average molecular weight is 281 g/mol. The van der Waals surface area contributed by atoms with E-state index in [-0.39, 0.29) is 0 Å². The minimum atomic E-state index is 0.375. The predicted molar refractivity (Wildman–Crippen MR) is 82.5 cm³/mol. The molecule has 0 saturated carbocycles. The highest BCUT2D eigenvalue weighted by molar-refractivity contribution is 7.97. The number of unbranched alkanes of at least 4 members (excludes halogenated alkanes) is 1. The van der Waals surface area contributed by atoms with E-state index in [2.05, 4.69) is 32.9 Å². The fourth-order valence-corrected chi connectivity index (χ4v) is 4.38. The van der Waals surface area contributed by atoms with Crippen LogP contribution >= 0.6 is 0 Å². The molecule has 0 bridgehead atoms. The molecular weight excluding hydrogens is 256 g/mol. The molecule has 2 rings (SSSR count). The Morgan fingerprint density at radius 3 is 2.37 bits per heavy atom. The van der Waals surface area contributed by atoms with Crippen LogP contribution in [0.1, 0.15) is 30.9 Å². The molecule has 0 amide bonds. The minimum absolute atomic E-state index is 0.375. The first-order valence-corrected chi connectivity index (χ1v) is 8.78. The normalized spacial score (nSPS) is 16.6. The summed E-state index contributed by atoms with van der Waals surface area (Å²) in [7, 11) is 0.375. The van der Waals surface area contributed by atoms with Crippen molar-refractivity contribution in [2.45, 2.75) is 38.5 Å². The number of hydrogen-bond donors (Lipinski definition) is 0. The fourth-order valence-electron chi connectivity index (χ4n) is 2.38. The Morgan fingerprint density at radius 1 is 1.16 bits per heavy atom. The zero-order valence-electron chi connectivity index (χ0n) is 12.3. The Balaban J connectivity index is 2.11. The van der Waals surface area contributed by atoms with Gasteiger partial charge in [-0.1, -0.05) is 13.3 Å². The molecule has 1 heterocycles. The number of aryl methyl sites for hydroxylation is 2. The van der Waals surface area contributed by atoms with Crippen LogP contribution in [-0.2, 0) is 15.6 Å². The molecule has 3 heteroatoms. The first-order chi connectivity index (χ1) is 9.22. The highest BCUT2D eigenvalue weighted by atomic mass is 32.2. The molecule has 0 unspecified atom stereocenters. The first kappa shape index (κ1) is 14.7. The van der Waals surface area contributed by atoms with Crippen LogP contribution < -0.4 is 4.74 Å². The fraction of sp³-hybridized carbons (Fsp3) is 0.625. The molecule has 19 heavy (non-hydrogen) atoms. The van der Waals surface area contributed by atoms with Crippen LogP contribution in [0.4, 0.5) is 0 Å². The van der Waals surface area contributed by atoms with E-state index >= 15 is 0 Å². The van der Waals surface area contributed by atoms with Crippen molar-refractivity contribution in [2.24, 2.45) is 0 Å². The van der Waals surface area contributed by atoms with E-state index in [1.54, 1.807) is 0 Å². The van der Waals surface area contributed by atoms with Crippen LogP contribution in [0.2, 0.25) is 0 Å². The molecule has 0 radical (unpaired) electrons. The summed E-state index contributed by atoms with van der Waals surface area (Å²) in [5, 5.41) is 0. The van der Waals surface area contributed by atoms with Gasteiger partial charge in [0.2, 0.25) is 0 Å². The van der Waals surface area contributed by atoms with Gasteiger partial charge in [-0.05, 0) is 43.5 Å². The third-order valence-corrected chi connectivity index (χ3v) is 5.68. The molecule has 2 nitrogen and oxygen atoms in total. The molecule has 1 aliphatic rings. The van der Waals surface area contributed by atoms with Crippen molar-refractivity contribution in [3.63, 3.8) is 0 Å².